The molecule has 1 saturated heterocycles. The SMILES string of the molecule is CS(=O)(=O)NCCN1CC2CCCCN2c2ccccc21. The number of sulfonamides is 1. The maximum Gasteiger partial charge on any atom is 0.208 e. The van der Waals surface area contributed by atoms with Crippen molar-refractivity contribution in [2.45, 2.75) is 25.3 Å². The minimum Gasteiger partial charge on any atom is -0.366 e. The van der Waals surface area contributed by atoms with Gasteiger partial charge in [0.05, 0.1) is 17.6 Å². The summed E-state index contributed by atoms with van der Waals surface area (Å²) in [5, 5.41) is 0. The lowest BCUT2D eigenvalue weighted by atomic mass is 9.97. The zero-order valence-corrected chi connectivity index (χ0v) is 13.3. The first-order chi connectivity index (χ1) is 10.0. The van der Waals surface area contributed by atoms with Crippen LogP contribution in [-0.4, -0.2) is 46.9 Å². The highest BCUT2D eigenvalue weighted by Crippen LogP contribution is 2.38. The molecule has 1 N–H and O–H groups in total. The molecule has 21 heavy (non-hydrogen) atoms. The third-order valence-corrected chi connectivity index (χ3v) is 5.06. The van der Waals surface area contributed by atoms with Crippen LogP contribution >= 0.6 is 0 Å². The molecule has 0 spiro atoms. The summed E-state index contributed by atoms with van der Waals surface area (Å²) in [6.07, 6.45) is 4.99. The summed E-state index contributed by atoms with van der Waals surface area (Å²) >= 11 is 0. The van der Waals surface area contributed by atoms with Gasteiger partial charge >= 0.3 is 0 Å². The Balaban J connectivity index is 1.77. The number of hydrogen-bond acceptors (Lipinski definition) is 4. The van der Waals surface area contributed by atoms with Crippen molar-refractivity contribution in [3.05, 3.63) is 24.3 Å². The topological polar surface area (TPSA) is 52.7 Å². The molecule has 1 atom stereocenters. The molecule has 6 heteroatoms. The van der Waals surface area contributed by atoms with Crippen molar-refractivity contribution in [1.29, 1.82) is 0 Å². The van der Waals surface area contributed by atoms with Gasteiger partial charge in [-0.15, -0.1) is 0 Å². The van der Waals surface area contributed by atoms with Crippen LogP contribution in [0.25, 0.3) is 0 Å². The van der Waals surface area contributed by atoms with Crippen LogP contribution in [0.3, 0.4) is 0 Å². The van der Waals surface area contributed by atoms with Crippen LogP contribution in [0.1, 0.15) is 19.3 Å². The molecule has 2 aliphatic rings. The molecule has 1 aromatic carbocycles. The second kappa shape index (κ2) is 5.85. The van der Waals surface area contributed by atoms with Crippen LogP contribution < -0.4 is 14.5 Å². The molecule has 2 aliphatic heterocycles. The van der Waals surface area contributed by atoms with Crippen LogP contribution in [0.4, 0.5) is 11.4 Å². The lowest BCUT2D eigenvalue weighted by Gasteiger charge is -2.47. The largest absolute Gasteiger partial charge is 0.366 e. The zero-order chi connectivity index (χ0) is 14.9. The summed E-state index contributed by atoms with van der Waals surface area (Å²) in [6.45, 7) is 3.30. The molecular formula is C15H23N3O2S. The predicted molar refractivity (Wildman–Crippen MR) is 86.5 cm³/mol. The Labute approximate surface area is 127 Å². The number of nitrogens with one attached hydrogen (secondary N) is 1. The normalized spacial score (nSPS) is 21.9. The van der Waals surface area contributed by atoms with E-state index in [1.807, 2.05) is 0 Å². The molecule has 2 heterocycles. The number of piperidine rings is 1. The number of anilines is 2. The van der Waals surface area contributed by atoms with Gasteiger partial charge in [0.2, 0.25) is 10.0 Å². The van der Waals surface area contributed by atoms with E-state index in [0.717, 1.165) is 13.1 Å². The minimum absolute atomic E-state index is 0.458. The molecular weight excluding hydrogens is 286 g/mol. The van der Waals surface area contributed by atoms with E-state index in [1.54, 1.807) is 0 Å². The average Bonchev–Trinajstić information content (AvgIpc) is 2.46. The molecule has 1 fully saturated rings. The lowest BCUT2D eigenvalue weighted by Crippen LogP contribution is -2.52. The third kappa shape index (κ3) is 3.32. The van der Waals surface area contributed by atoms with Crippen molar-refractivity contribution in [2.24, 2.45) is 0 Å². The van der Waals surface area contributed by atoms with Crippen molar-refractivity contribution in [1.82, 2.24) is 4.72 Å². The van der Waals surface area contributed by atoms with Gasteiger partial charge in [-0.25, -0.2) is 13.1 Å². The molecule has 1 unspecified atom stereocenters. The van der Waals surface area contributed by atoms with Gasteiger partial charge in [0.25, 0.3) is 0 Å². The quantitative estimate of drug-likeness (QED) is 0.914. The molecule has 116 valence electrons. The van der Waals surface area contributed by atoms with Crippen LogP contribution in [0, 0.1) is 0 Å². The Hall–Kier alpha value is -1.27. The Bertz CT molecular complexity index is 603. The second-order valence-corrected chi connectivity index (χ2v) is 7.78. The number of rotatable bonds is 4. The summed E-state index contributed by atoms with van der Waals surface area (Å²) in [7, 11) is -3.11. The lowest BCUT2D eigenvalue weighted by molar-refractivity contribution is 0.443. The van der Waals surface area contributed by atoms with Gasteiger partial charge in [-0.05, 0) is 31.4 Å². The highest BCUT2D eigenvalue weighted by molar-refractivity contribution is 7.88. The smallest absolute Gasteiger partial charge is 0.208 e. The Morgan fingerprint density at radius 2 is 2.00 bits per heavy atom. The molecule has 0 amide bonds. The number of hydrogen-bond donors (Lipinski definition) is 1. The molecule has 0 saturated carbocycles. The standard InChI is InChI=1S/C15H23N3O2S/c1-21(19,20)16-9-11-17-12-13-6-4-5-10-18(13)15-8-3-2-7-14(15)17/h2-3,7-8,13,16H,4-6,9-12H2,1H3. The summed E-state index contributed by atoms with van der Waals surface area (Å²) in [4.78, 5) is 4.85. The van der Waals surface area contributed by atoms with Crippen molar-refractivity contribution in [3.8, 4) is 0 Å². The van der Waals surface area contributed by atoms with Gasteiger partial charge in [-0.3, -0.25) is 0 Å². The fraction of sp³-hybridized carbons (Fsp3) is 0.600. The molecule has 0 radical (unpaired) electrons. The summed E-state index contributed by atoms with van der Waals surface area (Å²) in [6, 6.07) is 9.03. The van der Waals surface area contributed by atoms with Gasteiger partial charge in [-0.1, -0.05) is 12.1 Å². The highest BCUT2D eigenvalue weighted by Gasteiger charge is 2.31. The van der Waals surface area contributed by atoms with E-state index in [0.29, 0.717) is 19.1 Å². The molecule has 0 aliphatic carbocycles. The monoisotopic (exact) mass is 309 g/mol. The molecule has 0 aromatic heterocycles. The van der Waals surface area contributed by atoms with E-state index in [4.69, 9.17) is 0 Å². The van der Waals surface area contributed by atoms with Crippen LogP contribution in [-0.2, 0) is 10.0 Å². The van der Waals surface area contributed by atoms with E-state index >= 15 is 0 Å². The molecule has 0 bridgehead atoms. The van der Waals surface area contributed by atoms with Gasteiger partial charge in [-0.2, -0.15) is 0 Å². The number of para-hydroxylation sites is 2. The number of fused-ring (bicyclic) bond motifs is 3. The zero-order valence-electron chi connectivity index (χ0n) is 12.5. The Kier molecular flexibility index (Phi) is 4.08. The van der Waals surface area contributed by atoms with Gasteiger partial charge in [0, 0.05) is 32.2 Å². The van der Waals surface area contributed by atoms with E-state index in [-0.39, 0.29) is 0 Å². The Morgan fingerprint density at radius 3 is 2.76 bits per heavy atom. The fourth-order valence-corrected chi connectivity index (χ4v) is 3.87. The van der Waals surface area contributed by atoms with Gasteiger partial charge in [0.15, 0.2) is 0 Å². The summed E-state index contributed by atoms with van der Waals surface area (Å²) in [5.41, 5.74) is 2.53. The van der Waals surface area contributed by atoms with E-state index in [1.165, 1.54) is 36.9 Å². The molecule has 1 aromatic rings. The maximum atomic E-state index is 11.2. The van der Waals surface area contributed by atoms with E-state index < -0.39 is 10.0 Å². The van der Waals surface area contributed by atoms with Crippen molar-refractivity contribution >= 4 is 21.4 Å². The fourth-order valence-electron chi connectivity index (χ4n) is 3.41. The van der Waals surface area contributed by atoms with Crippen molar-refractivity contribution < 1.29 is 8.42 Å². The van der Waals surface area contributed by atoms with Crippen molar-refractivity contribution in [2.75, 3.05) is 42.2 Å². The summed E-state index contributed by atoms with van der Waals surface area (Å²) in [5.74, 6) is 0. The van der Waals surface area contributed by atoms with Gasteiger partial charge < -0.3 is 9.80 Å². The molecule has 3 rings (SSSR count). The Morgan fingerprint density at radius 1 is 1.24 bits per heavy atom. The molecule has 5 nitrogen and oxygen atoms in total. The van der Waals surface area contributed by atoms with Crippen LogP contribution in [0.5, 0.6) is 0 Å². The first kappa shape index (κ1) is 14.7. The average molecular weight is 309 g/mol. The number of nitrogens with zero attached hydrogens (tertiary/aromatic N) is 2. The van der Waals surface area contributed by atoms with Crippen molar-refractivity contribution in [3.63, 3.8) is 0 Å². The van der Waals surface area contributed by atoms with E-state index in [9.17, 15) is 8.42 Å². The first-order valence-corrected chi connectivity index (χ1v) is 9.49. The highest BCUT2D eigenvalue weighted by atomic mass is 32.2. The van der Waals surface area contributed by atoms with Gasteiger partial charge in [0.1, 0.15) is 0 Å². The van der Waals surface area contributed by atoms with Crippen LogP contribution in [0.15, 0.2) is 24.3 Å². The van der Waals surface area contributed by atoms with E-state index in [2.05, 4.69) is 38.8 Å². The predicted octanol–water partition coefficient (Wildman–Crippen LogP) is 1.41. The van der Waals surface area contributed by atoms with Crippen LogP contribution in [0.2, 0.25) is 0 Å². The minimum atomic E-state index is -3.11. The third-order valence-electron chi connectivity index (χ3n) is 4.34. The number of benzene rings is 1. The first-order valence-electron chi connectivity index (χ1n) is 7.60. The summed E-state index contributed by atoms with van der Waals surface area (Å²) < 4.78 is 25.0. The maximum absolute atomic E-state index is 11.2. The second-order valence-electron chi connectivity index (χ2n) is 5.94.